The fourth-order valence-electron chi connectivity index (χ4n) is 2.08. The first kappa shape index (κ1) is 18.7. The first-order chi connectivity index (χ1) is 10.9. The zero-order valence-electron chi connectivity index (χ0n) is 13.8. The lowest BCUT2D eigenvalue weighted by Crippen LogP contribution is -2.43. The Morgan fingerprint density at radius 1 is 1.13 bits per heavy atom. The van der Waals surface area contributed by atoms with E-state index >= 15 is 0 Å². The molecule has 0 aromatic heterocycles. The molecule has 0 aliphatic rings. The number of benzene rings is 1. The number of amides is 2. The van der Waals surface area contributed by atoms with Crippen LogP contribution in [-0.4, -0.2) is 37.5 Å². The lowest BCUT2D eigenvalue weighted by molar-refractivity contribution is -0.145. The highest BCUT2D eigenvalue weighted by atomic mass is 16.5. The van der Waals surface area contributed by atoms with E-state index in [1.165, 1.54) is 7.11 Å². The molecular formula is C17H24N2O4. The van der Waals surface area contributed by atoms with Crippen molar-refractivity contribution >= 4 is 17.8 Å². The molecule has 23 heavy (non-hydrogen) atoms. The first-order valence-electron chi connectivity index (χ1n) is 7.64. The number of ether oxygens (including phenoxy) is 1. The van der Waals surface area contributed by atoms with E-state index < -0.39 is 12.0 Å². The molecule has 0 heterocycles. The molecule has 0 aliphatic carbocycles. The summed E-state index contributed by atoms with van der Waals surface area (Å²) in [6, 6.07) is 8.11. The number of methoxy groups -OCH3 is 1. The monoisotopic (exact) mass is 320 g/mol. The van der Waals surface area contributed by atoms with Gasteiger partial charge in [0.2, 0.25) is 5.91 Å². The van der Waals surface area contributed by atoms with Crippen LogP contribution in [-0.2, 0) is 14.3 Å². The number of esters is 1. The molecular weight excluding hydrogens is 296 g/mol. The van der Waals surface area contributed by atoms with E-state index in [4.69, 9.17) is 4.74 Å². The van der Waals surface area contributed by atoms with Crippen molar-refractivity contribution in [2.75, 3.05) is 13.7 Å². The van der Waals surface area contributed by atoms with Crippen LogP contribution in [0.4, 0.5) is 0 Å². The Morgan fingerprint density at radius 2 is 1.78 bits per heavy atom. The third-order valence-corrected chi connectivity index (χ3v) is 3.20. The number of carbonyl (C=O) groups is 3. The molecule has 0 radical (unpaired) electrons. The largest absolute Gasteiger partial charge is 0.467 e. The second kappa shape index (κ2) is 9.61. The van der Waals surface area contributed by atoms with Gasteiger partial charge in [-0.05, 0) is 24.5 Å². The maximum Gasteiger partial charge on any atom is 0.328 e. The van der Waals surface area contributed by atoms with Crippen molar-refractivity contribution in [1.29, 1.82) is 0 Å². The highest BCUT2D eigenvalue weighted by Gasteiger charge is 2.22. The van der Waals surface area contributed by atoms with Gasteiger partial charge in [0.15, 0.2) is 0 Å². The maximum atomic E-state index is 11.9. The van der Waals surface area contributed by atoms with Gasteiger partial charge in [0.1, 0.15) is 6.04 Å². The fraction of sp³-hybridized carbons (Fsp3) is 0.471. The van der Waals surface area contributed by atoms with Crippen molar-refractivity contribution in [3.05, 3.63) is 35.9 Å². The average molecular weight is 320 g/mol. The van der Waals surface area contributed by atoms with Gasteiger partial charge >= 0.3 is 5.97 Å². The normalized spacial score (nSPS) is 11.7. The summed E-state index contributed by atoms with van der Waals surface area (Å²) in [5.41, 5.74) is 0.542. The van der Waals surface area contributed by atoms with Crippen molar-refractivity contribution < 1.29 is 19.1 Å². The molecule has 1 aromatic carbocycles. The average Bonchev–Trinajstić information content (AvgIpc) is 2.53. The molecule has 0 bridgehead atoms. The van der Waals surface area contributed by atoms with E-state index in [2.05, 4.69) is 10.6 Å². The van der Waals surface area contributed by atoms with Gasteiger partial charge in [-0.3, -0.25) is 9.59 Å². The molecule has 0 fully saturated rings. The zero-order valence-corrected chi connectivity index (χ0v) is 13.8. The molecule has 1 rings (SSSR count). The molecule has 1 atom stereocenters. The summed E-state index contributed by atoms with van der Waals surface area (Å²) in [7, 11) is 1.29. The van der Waals surface area contributed by atoms with E-state index in [0.29, 0.717) is 12.0 Å². The van der Waals surface area contributed by atoms with E-state index in [0.717, 1.165) is 0 Å². The van der Waals surface area contributed by atoms with Crippen molar-refractivity contribution in [1.82, 2.24) is 10.6 Å². The van der Waals surface area contributed by atoms with Gasteiger partial charge in [-0.15, -0.1) is 0 Å². The van der Waals surface area contributed by atoms with Gasteiger partial charge in [-0.25, -0.2) is 4.79 Å². The van der Waals surface area contributed by atoms with Crippen LogP contribution in [0.3, 0.4) is 0 Å². The highest BCUT2D eigenvalue weighted by Crippen LogP contribution is 2.06. The van der Waals surface area contributed by atoms with Crippen LogP contribution >= 0.6 is 0 Å². The second-order valence-electron chi connectivity index (χ2n) is 5.64. The summed E-state index contributed by atoms with van der Waals surface area (Å²) in [5.74, 6) is -0.739. The summed E-state index contributed by atoms with van der Waals surface area (Å²) in [5, 5.41) is 5.32. The number of hydrogen-bond acceptors (Lipinski definition) is 4. The molecule has 0 spiro atoms. The fourth-order valence-corrected chi connectivity index (χ4v) is 2.08. The Balaban J connectivity index is 2.40. The minimum absolute atomic E-state index is 0.101. The molecule has 2 N–H and O–H groups in total. The van der Waals surface area contributed by atoms with Gasteiger partial charge in [-0.2, -0.15) is 0 Å². The number of hydrogen-bond donors (Lipinski definition) is 2. The van der Waals surface area contributed by atoms with Crippen LogP contribution in [0.5, 0.6) is 0 Å². The predicted octanol–water partition coefficient (Wildman–Crippen LogP) is 1.51. The Bertz CT molecular complexity index is 529. The Hall–Kier alpha value is -2.37. The van der Waals surface area contributed by atoms with E-state index in [1.54, 1.807) is 24.3 Å². The third kappa shape index (κ3) is 6.95. The molecule has 2 amide bonds. The molecule has 1 aromatic rings. The molecule has 6 heteroatoms. The topological polar surface area (TPSA) is 84.5 Å². The van der Waals surface area contributed by atoms with E-state index in [9.17, 15) is 14.4 Å². The lowest BCUT2D eigenvalue weighted by atomic mass is 10.0. The van der Waals surface area contributed by atoms with Crippen molar-refractivity contribution in [2.24, 2.45) is 5.92 Å². The highest BCUT2D eigenvalue weighted by molar-refractivity contribution is 5.94. The van der Waals surface area contributed by atoms with Gasteiger partial charge in [0.25, 0.3) is 5.91 Å². The SMILES string of the molecule is COC(=O)C(CC(C)C)NC(=O)CCNC(=O)c1ccccc1. The zero-order chi connectivity index (χ0) is 17.2. The van der Waals surface area contributed by atoms with Crippen LogP contribution < -0.4 is 10.6 Å². The quantitative estimate of drug-likeness (QED) is 0.711. The van der Waals surface area contributed by atoms with E-state index in [1.807, 2.05) is 19.9 Å². The van der Waals surface area contributed by atoms with Crippen LogP contribution in [0.25, 0.3) is 0 Å². The van der Waals surface area contributed by atoms with Crippen molar-refractivity contribution in [3.63, 3.8) is 0 Å². The number of carbonyl (C=O) groups excluding carboxylic acids is 3. The van der Waals surface area contributed by atoms with Crippen molar-refractivity contribution in [2.45, 2.75) is 32.7 Å². The molecule has 0 saturated heterocycles. The third-order valence-electron chi connectivity index (χ3n) is 3.20. The second-order valence-corrected chi connectivity index (χ2v) is 5.64. The molecule has 6 nitrogen and oxygen atoms in total. The minimum Gasteiger partial charge on any atom is -0.467 e. The number of nitrogens with one attached hydrogen (secondary N) is 2. The summed E-state index contributed by atoms with van der Waals surface area (Å²) in [6.07, 6.45) is 0.610. The van der Waals surface area contributed by atoms with Crippen LogP contribution in [0.2, 0.25) is 0 Å². The Morgan fingerprint density at radius 3 is 2.35 bits per heavy atom. The van der Waals surface area contributed by atoms with Crippen LogP contribution in [0.1, 0.15) is 37.0 Å². The Labute approximate surface area is 136 Å². The molecule has 0 saturated carbocycles. The summed E-state index contributed by atoms with van der Waals surface area (Å²) in [6.45, 7) is 4.12. The predicted molar refractivity (Wildman–Crippen MR) is 86.8 cm³/mol. The van der Waals surface area contributed by atoms with Gasteiger partial charge in [-0.1, -0.05) is 32.0 Å². The Kier molecular flexibility index (Phi) is 7.80. The lowest BCUT2D eigenvalue weighted by Gasteiger charge is -2.18. The molecule has 126 valence electrons. The van der Waals surface area contributed by atoms with Gasteiger partial charge in [0, 0.05) is 18.5 Å². The maximum absolute atomic E-state index is 11.9. The van der Waals surface area contributed by atoms with Crippen molar-refractivity contribution in [3.8, 4) is 0 Å². The standard InChI is InChI=1S/C17H24N2O4/c1-12(2)11-14(17(22)23-3)19-15(20)9-10-18-16(21)13-7-5-4-6-8-13/h4-8,12,14H,9-11H2,1-3H3,(H,18,21)(H,19,20). The number of rotatable bonds is 8. The van der Waals surface area contributed by atoms with Gasteiger partial charge in [0.05, 0.1) is 7.11 Å². The smallest absolute Gasteiger partial charge is 0.328 e. The summed E-state index contributed by atoms with van der Waals surface area (Å²) < 4.78 is 4.69. The minimum atomic E-state index is -0.655. The summed E-state index contributed by atoms with van der Waals surface area (Å²) >= 11 is 0. The van der Waals surface area contributed by atoms with Crippen LogP contribution in [0, 0.1) is 5.92 Å². The van der Waals surface area contributed by atoms with E-state index in [-0.39, 0.29) is 30.7 Å². The first-order valence-corrected chi connectivity index (χ1v) is 7.64. The van der Waals surface area contributed by atoms with Gasteiger partial charge < -0.3 is 15.4 Å². The summed E-state index contributed by atoms with van der Waals surface area (Å²) in [4.78, 5) is 35.4. The molecule has 1 unspecified atom stereocenters. The van der Waals surface area contributed by atoms with Crippen LogP contribution in [0.15, 0.2) is 30.3 Å². The molecule has 0 aliphatic heterocycles.